The molecule has 0 bridgehead atoms. The van der Waals surface area contributed by atoms with Crippen molar-refractivity contribution in [3.8, 4) is 0 Å². The smallest absolute Gasteiger partial charge is 0.216 e. The van der Waals surface area contributed by atoms with Crippen molar-refractivity contribution in [3.63, 3.8) is 0 Å². The van der Waals surface area contributed by atoms with Crippen LogP contribution in [0.5, 0.6) is 0 Å². The van der Waals surface area contributed by atoms with Crippen molar-refractivity contribution in [2.45, 2.75) is 19.1 Å². The van der Waals surface area contributed by atoms with Crippen molar-refractivity contribution in [1.29, 1.82) is 0 Å². The fourth-order valence-electron chi connectivity index (χ4n) is 1.13. The number of nitrogens with zero attached hydrogens (tertiary/aromatic N) is 2. The summed E-state index contributed by atoms with van der Waals surface area (Å²) in [6, 6.07) is 2.91. The van der Waals surface area contributed by atoms with Crippen LogP contribution in [0.1, 0.15) is 18.9 Å². The fraction of sp³-hybridized carbons (Fsp3) is 0.333. The average molecular weight is 193 g/mol. The number of hydrogen-bond acceptors (Lipinski definition) is 5. The molecule has 74 valence electrons. The molecule has 0 aromatic carbocycles. The third kappa shape index (κ3) is 1.47. The molecule has 0 spiro atoms. The van der Waals surface area contributed by atoms with E-state index in [2.05, 4.69) is 9.97 Å². The Hall–Kier alpha value is -1.46. The summed E-state index contributed by atoms with van der Waals surface area (Å²) >= 11 is 0. The van der Waals surface area contributed by atoms with Gasteiger partial charge in [0.15, 0.2) is 11.2 Å². The van der Waals surface area contributed by atoms with E-state index in [4.69, 9.17) is 10.2 Å². The molecule has 0 aliphatic carbocycles. The molecule has 0 saturated heterocycles. The average Bonchev–Trinajstić information content (AvgIpc) is 2.59. The number of rotatable bonds is 2. The molecule has 3 N–H and O–H groups in total. The molecule has 2 aromatic rings. The Morgan fingerprint density at radius 1 is 1.57 bits per heavy atom. The second-order valence-corrected chi connectivity index (χ2v) is 3.14. The van der Waals surface area contributed by atoms with Gasteiger partial charge < -0.3 is 15.3 Å². The summed E-state index contributed by atoms with van der Waals surface area (Å²) in [5, 5.41) is 9.25. The zero-order valence-corrected chi connectivity index (χ0v) is 7.71. The van der Waals surface area contributed by atoms with E-state index in [0.29, 0.717) is 17.1 Å². The number of oxazole rings is 1. The maximum absolute atomic E-state index is 9.25. The Balaban J connectivity index is 2.45. The highest BCUT2D eigenvalue weighted by Gasteiger charge is 2.18. The van der Waals surface area contributed by atoms with Crippen molar-refractivity contribution in [2.24, 2.45) is 5.73 Å². The van der Waals surface area contributed by atoms with Crippen LogP contribution in [0.25, 0.3) is 11.2 Å². The number of hydrogen-bond donors (Lipinski definition) is 2. The van der Waals surface area contributed by atoms with E-state index in [1.807, 2.05) is 0 Å². The molecule has 5 nitrogen and oxygen atoms in total. The number of nitrogens with two attached hydrogens (primary N) is 1. The first-order valence-corrected chi connectivity index (χ1v) is 4.33. The number of aliphatic hydroxyl groups excluding tert-OH is 1. The van der Waals surface area contributed by atoms with Gasteiger partial charge in [-0.2, -0.15) is 4.98 Å². The summed E-state index contributed by atoms with van der Waals surface area (Å²) in [6.45, 7) is 1.59. The molecule has 0 radical (unpaired) electrons. The first-order valence-electron chi connectivity index (χ1n) is 4.33. The summed E-state index contributed by atoms with van der Waals surface area (Å²) < 4.78 is 5.33. The van der Waals surface area contributed by atoms with E-state index in [0.717, 1.165) is 0 Å². The summed E-state index contributed by atoms with van der Waals surface area (Å²) in [5.41, 5.74) is 6.76. The largest absolute Gasteiger partial charge is 0.437 e. The van der Waals surface area contributed by atoms with E-state index >= 15 is 0 Å². The molecule has 14 heavy (non-hydrogen) atoms. The number of pyridine rings is 1. The molecule has 0 saturated carbocycles. The predicted octanol–water partition coefficient (Wildman–Crippen LogP) is 0.603. The summed E-state index contributed by atoms with van der Waals surface area (Å²) in [5.74, 6) is 0.314. The van der Waals surface area contributed by atoms with Crippen molar-refractivity contribution < 1.29 is 9.52 Å². The van der Waals surface area contributed by atoms with Gasteiger partial charge in [0.2, 0.25) is 5.89 Å². The summed E-state index contributed by atoms with van der Waals surface area (Å²) in [6.07, 6.45) is 0.936. The Bertz CT molecular complexity index is 405. The molecule has 2 unspecified atom stereocenters. The van der Waals surface area contributed by atoms with Gasteiger partial charge in [0, 0.05) is 6.20 Å². The third-order valence-corrected chi connectivity index (χ3v) is 1.99. The molecule has 2 heterocycles. The monoisotopic (exact) mass is 193 g/mol. The van der Waals surface area contributed by atoms with Gasteiger partial charge in [-0.15, -0.1) is 0 Å². The zero-order chi connectivity index (χ0) is 10.1. The molecule has 0 fully saturated rings. The molecule has 0 amide bonds. The van der Waals surface area contributed by atoms with Crippen molar-refractivity contribution in [2.75, 3.05) is 0 Å². The van der Waals surface area contributed by atoms with Gasteiger partial charge in [-0.3, -0.25) is 0 Å². The van der Waals surface area contributed by atoms with Gasteiger partial charge in [-0.05, 0) is 19.1 Å². The molecular formula is C9H11N3O2. The van der Waals surface area contributed by atoms with Gasteiger partial charge in [0.1, 0.15) is 6.04 Å². The second kappa shape index (κ2) is 3.36. The Morgan fingerprint density at radius 2 is 2.36 bits per heavy atom. The Kier molecular flexibility index (Phi) is 2.18. The van der Waals surface area contributed by atoms with Crippen LogP contribution in [0.3, 0.4) is 0 Å². The molecule has 2 rings (SSSR count). The second-order valence-electron chi connectivity index (χ2n) is 3.14. The van der Waals surface area contributed by atoms with Crippen LogP contribution < -0.4 is 5.73 Å². The fourth-order valence-corrected chi connectivity index (χ4v) is 1.13. The molecule has 0 aliphatic heterocycles. The van der Waals surface area contributed by atoms with Gasteiger partial charge in [-0.1, -0.05) is 0 Å². The van der Waals surface area contributed by atoms with Crippen molar-refractivity contribution in [3.05, 3.63) is 24.2 Å². The van der Waals surface area contributed by atoms with Crippen LogP contribution in [0, 0.1) is 0 Å². The van der Waals surface area contributed by atoms with Gasteiger partial charge in [-0.25, -0.2) is 4.98 Å². The number of aliphatic hydroxyl groups is 1. The normalized spacial score (nSPS) is 15.6. The molecule has 5 heteroatoms. The maximum Gasteiger partial charge on any atom is 0.216 e. The molecule has 0 aliphatic rings. The molecule has 2 aromatic heterocycles. The van der Waals surface area contributed by atoms with Crippen LogP contribution in [0.2, 0.25) is 0 Å². The highest BCUT2D eigenvalue weighted by atomic mass is 16.4. The van der Waals surface area contributed by atoms with E-state index in [1.54, 1.807) is 25.3 Å². The van der Waals surface area contributed by atoms with Gasteiger partial charge in [0.25, 0.3) is 0 Å². The van der Waals surface area contributed by atoms with Gasteiger partial charge >= 0.3 is 0 Å². The van der Waals surface area contributed by atoms with Crippen molar-refractivity contribution in [1.82, 2.24) is 9.97 Å². The Morgan fingerprint density at radius 3 is 3.00 bits per heavy atom. The lowest BCUT2D eigenvalue weighted by molar-refractivity contribution is 0.152. The van der Waals surface area contributed by atoms with Crippen LogP contribution in [0.4, 0.5) is 0 Å². The number of fused-ring (bicyclic) bond motifs is 1. The van der Waals surface area contributed by atoms with E-state index in [-0.39, 0.29) is 0 Å². The maximum atomic E-state index is 9.25. The van der Waals surface area contributed by atoms with E-state index < -0.39 is 12.1 Å². The third-order valence-electron chi connectivity index (χ3n) is 1.99. The standard InChI is InChI=1S/C9H11N3O2/c1-5(13)7(10)9-12-8-6(14-9)3-2-4-11-8/h2-5,7,13H,10H2,1H3. The SMILES string of the molecule is CC(O)C(N)c1nc2ncccc2o1. The topological polar surface area (TPSA) is 85.2 Å². The van der Waals surface area contributed by atoms with Crippen LogP contribution in [-0.4, -0.2) is 21.2 Å². The van der Waals surface area contributed by atoms with E-state index in [1.165, 1.54) is 0 Å². The quantitative estimate of drug-likeness (QED) is 0.729. The minimum atomic E-state index is -0.692. The lowest BCUT2D eigenvalue weighted by atomic mass is 10.2. The lowest BCUT2D eigenvalue weighted by Gasteiger charge is -2.08. The van der Waals surface area contributed by atoms with Crippen LogP contribution in [-0.2, 0) is 0 Å². The number of aromatic nitrogens is 2. The lowest BCUT2D eigenvalue weighted by Crippen LogP contribution is -2.23. The first-order chi connectivity index (χ1) is 6.68. The van der Waals surface area contributed by atoms with Crippen LogP contribution in [0.15, 0.2) is 22.7 Å². The summed E-state index contributed by atoms with van der Waals surface area (Å²) in [4.78, 5) is 8.07. The molecule has 2 atom stereocenters. The van der Waals surface area contributed by atoms with Gasteiger partial charge in [0.05, 0.1) is 6.10 Å². The first kappa shape index (κ1) is 9.11. The Labute approximate surface area is 80.6 Å². The zero-order valence-electron chi connectivity index (χ0n) is 7.71. The van der Waals surface area contributed by atoms with Crippen molar-refractivity contribution >= 4 is 11.2 Å². The highest BCUT2D eigenvalue weighted by Crippen LogP contribution is 2.18. The minimum absolute atomic E-state index is 0.314. The molecular weight excluding hydrogens is 182 g/mol. The minimum Gasteiger partial charge on any atom is -0.437 e. The van der Waals surface area contributed by atoms with E-state index in [9.17, 15) is 5.11 Å². The summed E-state index contributed by atoms with van der Waals surface area (Å²) in [7, 11) is 0. The highest BCUT2D eigenvalue weighted by molar-refractivity contribution is 5.66. The predicted molar refractivity (Wildman–Crippen MR) is 50.4 cm³/mol. The van der Waals surface area contributed by atoms with Crippen LogP contribution >= 0.6 is 0 Å².